The lowest BCUT2D eigenvalue weighted by molar-refractivity contribution is 0.0973. The van der Waals surface area contributed by atoms with Crippen LogP contribution in [0.2, 0.25) is 0 Å². The molecule has 0 amide bonds. The molecule has 2 aromatic rings. The number of nitrogens with zero attached hydrogens (tertiary/aromatic N) is 2. The summed E-state index contributed by atoms with van der Waals surface area (Å²) in [5.74, 6) is 0.865. The van der Waals surface area contributed by atoms with E-state index in [4.69, 9.17) is 17.0 Å². The van der Waals surface area contributed by atoms with Gasteiger partial charge in [-0.15, -0.1) is 0 Å². The molecule has 0 aromatic heterocycles. The van der Waals surface area contributed by atoms with Crippen LogP contribution in [0.5, 0.6) is 5.75 Å². The molecule has 1 aliphatic heterocycles. The molecule has 0 spiro atoms. The third kappa shape index (κ3) is 6.16. The topological polar surface area (TPSA) is 39.8 Å². The van der Waals surface area contributed by atoms with Crippen LogP contribution in [0.4, 0.5) is 5.69 Å². The molecule has 0 saturated carbocycles. The van der Waals surface area contributed by atoms with Crippen LogP contribution in [0.1, 0.15) is 25.5 Å². The number of hydrogen-bond donors (Lipinski definition) is 2. The zero-order valence-corrected chi connectivity index (χ0v) is 18.4. The number of nitrogens with one attached hydrogen (secondary N) is 2. The highest BCUT2D eigenvalue weighted by molar-refractivity contribution is 7.80. The van der Waals surface area contributed by atoms with Gasteiger partial charge in [0.1, 0.15) is 5.75 Å². The van der Waals surface area contributed by atoms with E-state index in [1.54, 1.807) is 0 Å². The second-order valence-corrected chi connectivity index (χ2v) is 7.95. The first kappa shape index (κ1) is 21.6. The van der Waals surface area contributed by atoms with E-state index in [-0.39, 0.29) is 12.1 Å². The molecule has 0 aliphatic carbocycles. The Bertz CT molecular complexity index is 760. The van der Waals surface area contributed by atoms with Crippen molar-refractivity contribution in [3.63, 3.8) is 0 Å². The van der Waals surface area contributed by atoms with Crippen molar-refractivity contribution in [1.29, 1.82) is 0 Å². The second kappa shape index (κ2) is 10.6. The van der Waals surface area contributed by atoms with Gasteiger partial charge in [0.25, 0.3) is 0 Å². The molecule has 1 aliphatic rings. The normalized spacial score (nSPS) is 17.3. The van der Waals surface area contributed by atoms with Gasteiger partial charge in [-0.2, -0.15) is 0 Å². The highest BCUT2D eigenvalue weighted by Gasteiger charge is 2.28. The number of benzene rings is 2. The molecule has 2 atom stereocenters. The van der Waals surface area contributed by atoms with Gasteiger partial charge in [-0.1, -0.05) is 30.3 Å². The maximum absolute atomic E-state index is 5.61. The average Bonchev–Trinajstić information content (AvgIpc) is 2.72. The monoisotopic (exact) mass is 412 g/mol. The predicted octanol–water partition coefficient (Wildman–Crippen LogP) is 3.75. The molecule has 0 radical (unpaired) electrons. The Morgan fingerprint density at radius 1 is 1.03 bits per heavy atom. The largest absolute Gasteiger partial charge is 0.494 e. The summed E-state index contributed by atoms with van der Waals surface area (Å²) in [6.45, 7) is 9.15. The molecular weight excluding hydrogens is 380 g/mol. The lowest BCUT2D eigenvalue weighted by Crippen LogP contribution is -2.52. The van der Waals surface area contributed by atoms with Gasteiger partial charge >= 0.3 is 0 Å². The summed E-state index contributed by atoms with van der Waals surface area (Å²) in [5, 5.41) is 7.44. The van der Waals surface area contributed by atoms with Gasteiger partial charge in [0, 0.05) is 37.9 Å². The zero-order chi connectivity index (χ0) is 20.6. The quantitative estimate of drug-likeness (QED) is 0.675. The van der Waals surface area contributed by atoms with Crippen LogP contribution in [0.25, 0.3) is 0 Å². The SMILES string of the molecule is CCOc1ccc(NC(=S)N[C@@H](C)[C@@H](c2ccccc2)N2CCN(C)CC2)cc1. The second-order valence-electron chi connectivity index (χ2n) is 7.54. The number of piperazine rings is 1. The summed E-state index contributed by atoms with van der Waals surface area (Å²) in [5.41, 5.74) is 2.27. The molecule has 6 heteroatoms. The summed E-state index contributed by atoms with van der Waals surface area (Å²) < 4.78 is 5.50. The molecule has 2 aromatic carbocycles. The molecule has 1 heterocycles. The number of likely N-dealkylation sites (N-methyl/N-ethyl adjacent to an activating group) is 1. The minimum absolute atomic E-state index is 0.170. The molecule has 29 heavy (non-hydrogen) atoms. The molecule has 156 valence electrons. The van der Waals surface area contributed by atoms with E-state index < -0.39 is 0 Å². The van der Waals surface area contributed by atoms with Crippen molar-refractivity contribution in [2.45, 2.75) is 25.9 Å². The Kier molecular flexibility index (Phi) is 7.86. The van der Waals surface area contributed by atoms with Gasteiger partial charge in [-0.05, 0) is 62.9 Å². The van der Waals surface area contributed by atoms with E-state index in [1.165, 1.54) is 5.56 Å². The minimum Gasteiger partial charge on any atom is -0.494 e. The van der Waals surface area contributed by atoms with E-state index in [2.05, 4.69) is 64.7 Å². The van der Waals surface area contributed by atoms with Crippen LogP contribution in [0.15, 0.2) is 54.6 Å². The summed E-state index contributed by atoms with van der Waals surface area (Å²) in [6, 6.07) is 19.0. The number of ether oxygens (including phenoxy) is 1. The van der Waals surface area contributed by atoms with Crippen LogP contribution in [-0.2, 0) is 0 Å². The number of rotatable bonds is 7. The Labute approximate surface area is 180 Å². The van der Waals surface area contributed by atoms with Crippen molar-refractivity contribution >= 4 is 23.0 Å². The third-order valence-corrected chi connectivity index (χ3v) is 5.55. The summed E-state index contributed by atoms with van der Waals surface area (Å²) in [7, 11) is 2.19. The van der Waals surface area contributed by atoms with Crippen LogP contribution in [0, 0.1) is 0 Å². The van der Waals surface area contributed by atoms with Crippen LogP contribution < -0.4 is 15.4 Å². The molecule has 1 fully saturated rings. The molecular formula is C23H32N4OS. The summed E-state index contributed by atoms with van der Waals surface area (Å²) in [6.07, 6.45) is 0. The van der Waals surface area contributed by atoms with Crippen molar-refractivity contribution in [2.24, 2.45) is 0 Å². The highest BCUT2D eigenvalue weighted by Crippen LogP contribution is 2.26. The summed E-state index contributed by atoms with van der Waals surface area (Å²) in [4.78, 5) is 4.95. The van der Waals surface area contributed by atoms with Crippen LogP contribution in [0.3, 0.4) is 0 Å². The van der Waals surface area contributed by atoms with Gasteiger partial charge in [-0.25, -0.2) is 0 Å². The van der Waals surface area contributed by atoms with E-state index in [0.717, 1.165) is 37.6 Å². The Morgan fingerprint density at radius 2 is 1.69 bits per heavy atom. The lowest BCUT2D eigenvalue weighted by atomic mass is 9.98. The van der Waals surface area contributed by atoms with E-state index in [0.29, 0.717) is 11.7 Å². The van der Waals surface area contributed by atoms with Gasteiger partial charge in [0.15, 0.2) is 5.11 Å². The molecule has 5 nitrogen and oxygen atoms in total. The van der Waals surface area contributed by atoms with Crippen LogP contribution >= 0.6 is 12.2 Å². The number of anilines is 1. The zero-order valence-electron chi connectivity index (χ0n) is 17.6. The fourth-order valence-corrected chi connectivity index (χ4v) is 4.12. The fraction of sp³-hybridized carbons (Fsp3) is 0.435. The van der Waals surface area contributed by atoms with Crippen molar-refractivity contribution in [2.75, 3.05) is 45.2 Å². The first-order valence-electron chi connectivity index (χ1n) is 10.3. The van der Waals surface area contributed by atoms with Crippen molar-refractivity contribution in [1.82, 2.24) is 15.1 Å². The van der Waals surface area contributed by atoms with Gasteiger partial charge < -0.3 is 20.3 Å². The van der Waals surface area contributed by atoms with Crippen molar-refractivity contribution in [3.8, 4) is 5.75 Å². The van der Waals surface area contributed by atoms with Crippen LogP contribution in [-0.4, -0.2) is 60.8 Å². The first-order valence-corrected chi connectivity index (χ1v) is 10.8. The molecule has 0 bridgehead atoms. The molecule has 1 saturated heterocycles. The number of hydrogen-bond acceptors (Lipinski definition) is 4. The Balaban J connectivity index is 1.65. The van der Waals surface area contributed by atoms with E-state index in [9.17, 15) is 0 Å². The van der Waals surface area contributed by atoms with Gasteiger partial charge in [0.05, 0.1) is 12.6 Å². The van der Waals surface area contributed by atoms with E-state index >= 15 is 0 Å². The van der Waals surface area contributed by atoms with Crippen molar-refractivity contribution in [3.05, 3.63) is 60.2 Å². The first-order chi connectivity index (χ1) is 14.1. The van der Waals surface area contributed by atoms with E-state index in [1.807, 2.05) is 31.2 Å². The lowest BCUT2D eigenvalue weighted by Gasteiger charge is -2.41. The highest BCUT2D eigenvalue weighted by atomic mass is 32.1. The molecule has 3 rings (SSSR count). The van der Waals surface area contributed by atoms with Crippen molar-refractivity contribution < 1.29 is 4.74 Å². The third-order valence-electron chi connectivity index (χ3n) is 5.33. The molecule has 0 unspecified atom stereocenters. The van der Waals surface area contributed by atoms with Gasteiger partial charge in [0.2, 0.25) is 0 Å². The maximum atomic E-state index is 5.61. The number of thiocarbonyl (C=S) groups is 1. The standard InChI is InChI=1S/C23H32N4OS/c1-4-28-21-12-10-20(11-13-21)25-23(29)24-18(2)22(19-8-6-5-7-9-19)27-16-14-26(3)15-17-27/h5-13,18,22H,4,14-17H2,1-3H3,(H2,24,25,29)/t18-,22-/m0/s1. The fourth-order valence-electron chi connectivity index (χ4n) is 3.82. The summed E-state index contributed by atoms with van der Waals surface area (Å²) >= 11 is 5.61. The minimum atomic E-state index is 0.170. The molecule has 2 N–H and O–H groups in total. The van der Waals surface area contributed by atoms with Gasteiger partial charge in [-0.3, -0.25) is 4.90 Å². The Morgan fingerprint density at radius 3 is 2.31 bits per heavy atom. The predicted molar refractivity (Wildman–Crippen MR) is 125 cm³/mol. The maximum Gasteiger partial charge on any atom is 0.171 e. The average molecular weight is 413 g/mol. The Hall–Kier alpha value is -2.15. The smallest absolute Gasteiger partial charge is 0.171 e.